The number of amides is 1. The summed E-state index contributed by atoms with van der Waals surface area (Å²) < 4.78 is 1.91. The van der Waals surface area contributed by atoms with Crippen LogP contribution < -0.4 is 5.32 Å². The molecule has 1 saturated heterocycles. The first kappa shape index (κ1) is 17.0. The number of aromatic nitrogens is 2. The fraction of sp³-hybridized carbons (Fsp3) is 0.765. The van der Waals surface area contributed by atoms with Crippen molar-refractivity contribution < 1.29 is 4.79 Å². The van der Waals surface area contributed by atoms with E-state index in [9.17, 15) is 4.79 Å². The number of hydrogen-bond acceptors (Lipinski definition) is 3. The number of aryl methyl sites for hydroxylation is 2. The van der Waals surface area contributed by atoms with Gasteiger partial charge in [-0.2, -0.15) is 5.10 Å². The molecule has 2 heterocycles. The highest BCUT2D eigenvalue weighted by atomic mass is 16.2. The summed E-state index contributed by atoms with van der Waals surface area (Å²) in [6, 6.07) is 0.367. The molecule has 2 rings (SSSR count). The average Bonchev–Trinajstić information content (AvgIpc) is 3.09. The maximum Gasteiger partial charge on any atom is 0.226 e. The van der Waals surface area contributed by atoms with Crippen molar-refractivity contribution in [3.63, 3.8) is 0 Å². The molecule has 124 valence electrons. The quantitative estimate of drug-likeness (QED) is 0.872. The van der Waals surface area contributed by atoms with Crippen LogP contribution in [0.3, 0.4) is 0 Å². The highest BCUT2D eigenvalue weighted by Gasteiger charge is 2.29. The summed E-state index contributed by atoms with van der Waals surface area (Å²) in [6.45, 7) is 11.1. The molecule has 0 aliphatic carbocycles. The molecular formula is C17H30N4O. The van der Waals surface area contributed by atoms with Gasteiger partial charge in [0.1, 0.15) is 0 Å². The van der Waals surface area contributed by atoms with Crippen LogP contribution in [0.4, 0.5) is 0 Å². The highest BCUT2D eigenvalue weighted by molar-refractivity contribution is 5.79. The van der Waals surface area contributed by atoms with E-state index < -0.39 is 0 Å². The second kappa shape index (κ2) is 7.27. The molecule has 22 heavy (non-hydrogen) atoms. The molecule has 1 fully saturated rings. The third kappa shape index (κ3) is 3.51. The number of carbonyl (C=O) groups is 1. The lowest BCUT2D eigenvalue weighted by Gasteiger charge is -2.31. The Morgan fingerprint density at radius 1 is 1.50 bits per heavy atom. The number of nitrogens with one attached hydrogen (secondary N) is 1. The van der Waals surface area contributed by atoms with Gasteiger partial charge >= 0.3 is 0 Å². The van der Waals surface area contributed by atoms with Crippen molar-refractivity contribution in [3.05, 3.63) is 17.0 Å². The second-order valence-corrected chi connectivity index (χ2v) is 6.56. The van der Waals surface area contributed by atoms with Gasteiger partial charge in [0.25, 0.3) is 0 Å². The summed E-state index contributed by atoms with van der Waals surface area (Å²) in [5.74, 6) is 0.298. The van der Waals surface area contributed by atoms with Crippen LogP contribution in [0.15, 0.2) is 0 Å². The molecule has 0 bridgehead atoms. The largest absolute Gasteiger partial charge is 0.338 e. The maximum absolute atomic E-state index is 12.9. The molecule has 1 N–H and O–H groups in total. The van der Waals surface area contributed by atoms with Gasteiger partial charge in [0, 0.05) is 37.8 Å². The standard InChI is InChI=1S/C17H30N4O/c1-6-9-21(15-7-8-18-11-15)17(22)12(2)10-16-13(3)19-20(5)14(16)4/h12,15,18H,6-11H2,1-5H3. The lowest BCUT2D eigenvalue weighted by Crippen LogP contribution is -2.45. The van der Waals surface area contributed by atoms with Crippen LogP contribution >= 0.6 is 0 Å². The molecule has 2 atom stereocenters. The van der Waals surface area contributed by atoms with E-state index in [4.69, 9.17) is 0 Å². The Bertz CT molecular complexity index is 517. The number of hydrogen-bond donors (Lipinski definition) is 1. The van der Waals surface area contributed by atoms with Crippen molar-refractivity contribution in [3.8, 4) is 0 Å². The zero-order valence-corrected chi connectivity index (χ0v) is 14.6. The predicted octanol–water partition coefficient (Wildman–Crippen LogP) is 1.82. The van der Waals surface area contributed by atoms with E-state index in [1.807, 2.05) is 18.7 Å². The van der Waals surface area contributed by atoms with E-state index in [2.05, 4.69) is 36.1 Å². The SMILES string of the molecule is CCCN(C(=O)C(C)Cc1c(C)nn(C)c1C)C1CCNC1. The molecular weight excluding hydrogens is 276 g/mol. The molecule has 0 saturated carbocycles. The Kier molecular flexibility index (Phi) is 5.62. The second-order valence-electron chi connectivity index (χ2n) is 6.56. The first-order chi connectivity index (χ1) is 10.5. The van der Waals surface area contributed by atoms with E-state index in [0.717, 1.165) is 44.6 Å². The molecule has 1 amide bonds. The summed E-state index contributed by atoms with van der Waals surface area (Å²) in [7, 11) is 1.96. The zero-order valence-electron chi connectivity index (χ0n) is 14.6. The van der Waals surface area contributed by atoms with Crippen molar-refractivity contribution in [1.29, 1.82) is 0 Å². The van der Waals surface area contributed by atoms with Gasteiger partial charge in [0.05, 0.1) is 5.69 Å². The Balaban J connectivity index is 2.09. The first-order valence-electron chi connectivity index (χ1n) is 8.46. The molecule has 5 nitrogen and oxygen atoms in total. The summed E-state index contributed by atoms with van der Waals surface area (Å²) in [4.78, 5) is 15.0. The van der Waals surface area contributed by atoms with Crippen molar-refractivity contribution in [2.75, 3.05) is 19.6 Å². The third-order valence-corrected chi connectivity index (χ3v) is 4.81. The van der Waals surface area contributed by atoms with E-state index in [-0.39, 0.29) is 5.92 Å². The zero-order chi connectivity index (χ0) is 16.3. The summed E-state index contributed by atoms with van der Waals surface area (Å²) in [5, 5.41) is 7.83. The van der Waals surface area contributed by atoms with Crippen molar-refractivity contribution >= 4 is 5.91 Å². The third-order valence-electron chi connectivity index (χ3n) is 4.81. The Labute approximate surface area is 134 Å². The minimum Gasteiger partial charge on any atom is -0.338 e. The topological polar surface area (TPSA) is 50.2 Å². The Hall–Kier alpha value is -1.36. The van der Waals surface area contributed by atoms with Gasteiger partial charge in [0.15, 0.2) is 0 Å². The number of rotatable bonds is 6. The molecule has 1 aromatic heterocycles. The summed E-state index contributed by atoms with van der Waals surface area (Å²) >= 11 is 0. The lowest BCUT2D eigenvalue weighted by atomic mass is 9.97. The molecule has 1 aliphatic rings. The Morgan fingerprint density at radius 3 is 2.73 bits per heavy atom. The van der Waals surface area contributed by atoms with Gasteiger partial charge in [0.2, 0.25) is 5.91 Å². The van der Waals surface area contributed by atoms with E-state index >= 15 is 0 Å². The molecule has 0 aromatic carbocycles. The molecule has 1 aromatic rings. The number of carbonyl (C=O) groups excluding carboxylic acids is 1. The normalized spacial score (nSPS) is 19.4. The van der Waals surface area contributed by atoms with Crippen LogP contribution in [0.1, 0.15) is 43.6 Å². The van der Waals surface area contributed by atoms with Crippen LogP contribution in [0.2, 0.25) is 0 Å². The summed E-state index contributed by atoms with van der Waals surface area (Å²) in [5.41, 5.74) is 3.44. The van der Waals surface area contributed by atoms with Gasteiger partial charge in [-0.3, -0.25) is 9.48 Å². The van der Waals surface area contributed by atoms with Gasteiger partial charge in [-0.25, -0.2) is 0 Å². The van der Waals surface area contributed by atoms with Crippen molar-refractivity contribution in [2.24, 2.45) is 13.0 Å². The monoisotopic (exact) mass is 306 g/mol. The fourth-order valence-electron chi connectivity index (χ4n) is 3.41. The van der Waals surface area contributed by atoms with Gasteiger partial charge in [-0.1, -0.05) is 13.8 Å². The van der Waals surface area contributed by atoms with Crippen LogP contribution in [0, 0.1) is 19.8 Å². The van der Waals surface area contributed by atoms with E-state index in [1.165, 1.54) is 11.3 Å². The van der Waals surface area contributed by atoms with E-state index in [1.54, 1.807) is 0 Å². The Morgan fingerprint density at radius 2 is 2.23 bits per heavy atom. The number of nitrogens with zero attached hydrogens (tertiary/aromatic N) is 3. The van der Waals surface area contributed by atoms with Crippen LogP contribution in [-0.4, -0.2) is 46.3 Å². The fourth-order valence-corrected chi connectivity index (χ4v) is 3.41. The molecule has 1 aliphatic heterocycles. The first-order valence-corrected chi connectivity index (χ1v) is 8.46. The molecule has 0 spiro atoms. The average molecular weight is 306 g/mol. The van der Waals surface area contributed by atoms with Crippen molar-refractivity contribution in [2.45, 2.75) is 53.0 Å². The van der Waals surface area contributed by atoms with Crippen LogP contribution in [0.5, 0.6) is 0 Å². The van der Waals surface area contributed by atoms with Crippen LogP contribution in [-0.2, 0) is 18.3 Å². The van der Waals surface area contributed by atoms with Crippen LogP contribution in [0.25, 0.3) is 0 Å². The van der Waals surface area contributed by atoms with Gasteiger partial charge in [-0.05, 0) is 45.2 Å². The minimum atomic E-state index is 0.00810. The van der Waals surface area contributed by atoms with Crippen molar-refractivity contribution in [1.82, 2.24) is 20.0 Å². The molecule has 2 unspecified atom stereocenters. The van der Waals surface area contributed by atoms with E-state index in [0.29, 0.717) is 11.9 Å². The lowest BCUT2D eigenvalue weighted by molar-refractivity contribution is -0.137. The minimum absolute atomic E-state index is 0.00810. The highest BCUT2D eigenvalue weighted by Crippen LogP contribution is 2.20. The van der Waals surface area contributed by atoms with Gasteiger partial charge < -0.3 is 10.2 Å². The smallest absolute Gasteiger partial charge is 0.226 e. The maximum atomic E-state index is 12.9. The molecule has 0 radical (unpaired) electrons. The predicted molar refractivity (Wildman–Crippen MR) is 88.8 cm³/mol. The van der Waals surface area contributed by atoms with Gasteiger partial charge in [-0.15, -0.1) is 0 Å². The molecule has 5 heteroatoms. The summed E-state index contributed by atoms with van der Waals surface area (Å²) in [6.07, 6.45) is 2.87.